The van der Waals surface area contributed by atoms with Gasteiger partial charge in [-0.05, 0) is 18.2 Å². The van der Waals surface area contributed by atoms with Gasteiger partial charge in [0.1, 0.15) is 5.75 Å². The maximum atomic E-state index is 12.2. The van der Waals surface area contributed by atoms with E-state index in [0.29, 0.717) is 30.2 Å². The third-order valence-corrected chi connectivity index (χ3v) is 3.43. The third-order valence-electron chi connectivity index (χ3n) is 3.09. The first-order chi connectivity index (χ1) is 10.2. The van der Waals surface area contributed by atoms with Gasteiger partial charge in [0.25, 0.3) is 5.56 Å². The average Bonchev–Trinajstić information content (AvgIpc) is 2.54. The second-order valence-electron chi connectivity index (χ2n) is 4.47. The Morgan fingerprint density at radius 2 is 2.10 bits per heavy atom. The summed E-state index contributed by atoms with van der Waals surface area (Å²) >= 11 is 4.22. The first-order valence-corrected chi connectivity index (χ1v) is 7.18. The molecule has 0 radical (unpaired) electrons. The summed E-state index contributed by atoms with van der Waals surface area (Å²) in [6.45, 7) is 0.842. The molecule has 1 aromatic heterocycles. The maximum Gasteiger partial charge on any atom is 0.270 e. The van der Waals surface area contributed by atoms with Crippen LogP contribution < -0.4 is 10.3 Å². The second kappa shape index (κ2) is 7.28. The molecule has 0 bridgehead atoms. The summed E-state index contributed by atoms with van der Waals surface area (Å²) < 4.78 is 11.7. The van der Waals surface area contributed by atoms with Crippen molar-refractivity contribution < 1.29 is 9.47 Å². The van der Waals surface area contributed by atoms with Crippen molar-refractivity contribution in [2.45, 2.75) is 12.3 Å². The molecule has 2 rings (SSSR count). The highest BCUT2D eigenvalue weighted by Gasteiger charge is 2.09. The SMILES string of the molecule is COCCn1nc(-c2cccc(OC)c2)cc(CS)c1=O. The van der Waals surface area contributed by atoms with E-state index in [4.69, 9.17) is 9.47 Å². The average molecular weight is 306 g/mol. The number of rotatable bonds is 6. The molecule has 0 aliphatic heterocycles. The van der Waals surface area contributed by atoms with Gasteiger partial charge in [0.05, 0.1) is 26.0 Å². The van der Waals surface area contributed by atoms with E-state index in [1.165, 1.54) is 4.68 Å². The smallest absolute Gasteiger partial charge is 0.270 e. The van der Waals surface area contributed by atoms with Crippen molar-refractivity contribution in [3.8, 4) is 17.0 Å². The lowest BCUT2D eigenvalue weighted by atomic mass is 10.1. The molecule has 0 N–H and O–H groups in total. The number of thiol groups is 1. The zero-order chi connectivity index (χ0) is 15.2. The lowest BCUT2D eigenvalue weighted by Crippen LogP contribution is -2.27. The van der Waals surface area contributed by atoms with E-state index in [9.17, 15) is 4.79 Å². The Bertz CT molecular complexity index is 670. The van der Waals surface area contributed by atoms with Gasteiger partial charge >= 0.3 is 0 Å². The van der Waals surface area contributed by atoms with Crippen LogP contribution in [0.3, 0.4) is 0 Å². The third kappa shape index (κ3) is 3.65. The van der Waals surface area contributed by atoms with Crippen LogP contribution in [0.4, 0.5) is 0 Å². The van der Waals surface area contributed by atoms with Crippen LogP contribution in [-0.2, 0) is 17.0 Å². The number of methoxy groups -OCH3 is 2. The first kappa shape index (κ1) is 15.6. The van der Waals surface area contributed by atoms with Crippen molar-refractivity contribution in [3.05, 3.63) is 46.2 Å². The van der Waals surface area contributed by atoms with Crippen LogP contribution in [0.2, 0.25) is 0 Å². The largest absolute Gasteiger partial charge is 0.497 e. The van der Waals surface area contributed by atoms with E-state index in [2.05, 4.69) is 17.7 Å². The van der Waals surface area contributed by atoms with Gasteiger partial charge in [-0.2, -0.15) is 17.7 Å². The van der Waals surface area contributed by atoms with Gasteiger partial charge in [0, 0.05) is 24.0 Å². The Balaban J connectivity index is 2.49. The minimum Gasteiger partial charge on any atom is -0.497 e. The van der Waals surface area contributed by atoms with Gasteiger partial charge < -0.3 is 9.47 Å². The van der Waals surface area contributed by atoms with E-state index in [1.54, 1.807) is 20.3 Å². The molecule has 1 heterocycles. The Morgan fingerprint density at radius 1 is 1.29 bits per heavy atom. The summed E-state index contributed by atoms with van der Waals surface area (Å²) in [5, 5.41) is 4.40. The molecule has 0 unspecified atom stereocenters. The molecule has 0 aliphatic carbocycles. The molecule has 0 spiro atoms. The van der Waals surface area contributed by atoms with Crippen molar-refractivity contribution in [1.29, 1.82) is 0 Å². The quantitative estimate of drug-likeness (QED) is 0.829. The van der Waals surface area contributed by atoms with E-state index in [-0.39, 0.29) is 5.56 Å². The summed E-state index contributed by atoms with van der Waals surface area (Å²) in [6, 6.07) is 9.34. The molecule has 112 valence electrons. The fourth-order valence-electron chi connectivity index (χ4n) is 1.96. The van der Waals surface area contributed by atoms with E-state index >= 15 is 0 Å². The molecule has 0 saturated heterocycles. The summed E-state index contributed by atoms with van der Waals surface area (Å²) in [7, 11) is 3.21. The number of nitrogens with zero attached hydrogens (tertiary/aromatic N) is 2. The highest BCUT2D eigenvalue weighted by atomic mass is 32.1. The molecule has 6 heteroatoms. The zero-order valence-electron chi connectivity index (χ0n) is 12.1. The van der Waals surface area contributed by atoms with Crippen LogP contribution in [0, 0.1) is 0 Å². The topological polar surface area (TPSA) is 53.4 Å². The molecule has 0 atom stereocenters. The molecular formula is C15H18N2O3S. The maximum absolute atomic E-state index is 12.2. The van der Waals surface area contributed by atoms with Crippen molar-refractivity contribution in [3.63, 3.8) is 0 Å². The summed E-state index contributed by atoms with van der Waals surface area (Å²) in [4.78, 5) is 12.2. The van der Waals surface area contributed by atoms with E-state index in [0.717, 1.165) is 11.3 Å². The molecule has 0 saturated carbocycles. The van der Waals surface area contributed by atoms with Crippen LogP contribution in [0.15, 0.2) is 35.1 Å². The second-order valence-corrected chi connectivity index (χ2v) is 4.78. The van der Waals surface area contributed by atoms with Crippen LogP contribution in [0.25, 0.3) is 11.3 Å². The fraction of sp³-hybridized carbons (Fsp3) is 0.333. The Kier molecular flexibility index (Phi) is 5.41. The predicted octanol–water partition coefficient (Wildman–Crippen LogP) is 2.00. The highest BCUT2D eigenvalue weighted by Crippen LogP contribution is 2.22. The van der Waals surface area contributed by atoms with Gasteiger partial charge in [-0.25, -0.2) is 4.68 Å². The number of hydrogen-bond donors (Lipinski definition) is 1. The van der Waals surface area contributed by atoms with Crippen LogP contribution >= 0.6 is 12.6 Å². The minimum absolute atomic E-state index is 0.131. The van der Waals surface area contributed by atoms with Gasteiger partial charge in [0.15, 0.2) is 0 Å². The van der Waals surface area contributed by atoms with Crippen molar-refractivity contribution >= 4 is 12.6 Å². The Morgan fingerprint density at radius 3 is 2.76 bits per heavy atom. The first-order valence-electron chi connectivity index (χ1n) is 6.55. The number of aromatic nitrogens is 2. The zero-order valence-corrected chi connectivity index (χ0v) is 13.0. The molecule has 2 aromatic rings. The van der Waals surface area contributed by atoms with Gasteiger partial charge in [-0.1, -0.05) is 12.1 Å². The lowest BCUT2D eigenvalue weighted by Gasteiger charge is -2.10. The summed E-state index contributed by atoms with van der Waals surface area (Å²) in [6.07, 6.45) is 0. The van der Waals surface area contributed by atoms with Crippen LogP contribution in [-0.4, -0.2) is 30.6 Å². The molecule has 5 nitrogen and oxygen atoms in total. The predicted molar refractivity (Wildman–Crippen MR) is 85.1 cm³/mol. The molecule has 21 heavy (non-hydrogen) atoms. The van der Waals surface area contributed by atoms with Crippen LogP contribution in [0.5, 0.6) is 5.75 Å². The van der Waals surface area contributed by atoms with E-state index in [1.807, 2.05) is 24.3 Å². The lowest BCUT2D eigenvalue weighted by molar-refractivity contribution is 0.182. The Labute approximate surface area is 128 Å². The summed E-state index contributed by atoms with van der Waals surface area (Å²) in [5.74, 6) is 1.11. The fourth-order valence-corrected chi connectivity index (χ4v) is 2.19. The van der Waals surface area contributed by atoms with Gasteiger partial charge in [0.2, 0.25) is 0 Å². The minimum atomic E-state index is -0.131. The van der Waals surface area contributed by atoms with Gasteiger partial charge in [-0.15, -0.1) is 0 Å². The highest BCUT2D eigenvalue weighted by molar-refractivity contribution is 7.79. The number of benzene rings is 1. The molecular weight excluding hydrogens is 288 g/mol. The summed E-state index contributed by atoms with van der Waals surface area (Å²) in [5.41, 5.74) is 2.09. The standard InChI is InChI=1S/C15H18N2O3S/c1-19-7-6-17-15(18)12(10-21)9-14(16-17)11-4-3-5-13(8-11)20-2/h3-5,8-9,21H,6-7,10H2,1-2H3. The molecule has 0 aliphatic rings. The normalized spacial score (nSPS) is 10.6. The monoisotopic (exact) mass is 306 g/mol. The number of hydrogen-bond acceptors (Lipinski definition) is 5. The van der Waals surface area contributed by atoms with Crippen molar-refractivity contribution in [1.82, 2.24) is 9.78 Å². The molecule has 0 amide bonds. The van der Waals surface area contributed by atoms with Crippen molar-refractivity contribution in [2.24, 2.45) is 0 Å². The number of ether oxygens (including phenoxy) is 2. The molecule has 0 fully saturated rings. The van der Waals surface area contributed by atoms with Crippen molar-refractivity contribution in [2.75, 3.05) is 20.8 Å². The Hall–Kier alpha value is -1.79. The molecule has 1 aromatic carbocycles. The van der Waals surface area contributed by atoms with Gasteiger partial charge in [-0.3, -0.25) is 4.79 Å². The van der Waals surface area contributed by atoms with Crippen LogP contribution in [0.1, 0.15) is 5.56 Å². The van der Waals surface area contributed by atoms with E-state index < -0.39 is 0 Å².